The molecule has 2 unspecified atom stereocenters. The summed E-state index contributed by atoms with van der Waals surface area (Å²) in [7, 11) is 0. The molecule has 0 radical (unpaired) electrons. The third kappa shape index (κ3) is 7.93. The maximum absolute atomic E-state index is 12.6. The van der Waals surface area contributed by atoms with Crippen molar-refractivity contribution < 1.29 is 29.4 Å². The fourth-order valence-electron chi connectivity index (χ4n) is 4.96. The minimum absolute atomic E-state index is 0.341. The van der Waals surface area contributed by atoms with Crippen LogP contribution in [0.2, 0.25) is 10.0 Å². The molecule has 2 aliphatic heterocycles. The molecule has 2 heterocycles. The van der Waals surface area contributed by atoms with Crippen LogP contribution in [0, 0.1) is 0 Å². The van der Waals surface area contributed by atoms with Crippen LogP contribution in [0.15, 0.2) is 58.3 Å². The van der Waals surface area contributed by atoms with Gasteiger partial charge in [0.05, 0.1) is 10.0 Å². The molecule has 2 amide bonds. The normalized spacial score (nSPS) is 19.6. The van der Waals surface area contributed by atoms with E-state index in [4.69, 9.17) is 23.2 Å². The Morgan fingerprint density at radius 1 is 0.707 bits per heavy atom. The van der Waals surface area contributed by atoms with E-state index < -0.39 is 24.0 Å². The van der Waals surface area contributed by atoms with Crippen molar-refractivity contribution in [3.05, 3.63) is 69.7 Å². The summed E-state index contributed by atoms with van der Waals surface area (Å²) in [6, 6.07) is 9.11. The summed E-state index contributed by atoms with van der Waals surface area (Å²) in [5.74, 6) is -2.66. The zero-order valence-electron chi connectivity index (χ0n) is 22.2. The van der Waals surface area contributed by atoms with E-state index in [9.17, 15) is 29.4 Å². The number of carbonyl (C=O) groups is 4. The first-order valence-corrected chi connectivity index (χ1v) is 14.9. The number of likely N-dealkylation sites (tertiary alicyclic amines) is 2. The lowest BCUT2D eigenvalue weighted by Crippen LogP contribution is -2.47. The van der Waals surface area contributed by atoms with Crippen LogP contribution in [0.5, 0.6) is 0 Å². The predicted molar refractivity (Wildman–Crippen MR) is 159 cm³/mol. The van der Waals surface area contributed by atoms with Gasteiger partial charge in [-0.05, 0) is 86.1 Å². The number of hydrogen-bond acceptors (Lipinski definition) is 5. The van der Waals surface area contributed by atoms with Crippen LogP contribution >= 0.6 is 35.0 Å². The Morgan fingerprint density at radius 2 is 1.12 bits per heavy atom. The molecule has 2 aromatic rings. The van der Waals surface area contributed by atoms with Gasteiger partial charge in [0, 0.05) is 35.0 Å². The molecule has 2 aromatic carbocycles. The number of halogens is 2. The first-order valence-electron chi connectivity index (χ1n) is 13.3. The van der Waals surface area contributed by atoms with Gasteiger partial charge in [0.25, 0.3) is 0 Å². The molecule has 41 heavy (non-hydrogen) atoms. The second-order valence-electron chi connectivity index (χ2n) is 9.91. The van der Waals surface area contributed by atoms with Gasteiger partial charge in [0.1, 0.15) is 12.1 Å². The van der Waals surface area contributed by atoms with Gasteiger partial charge >= 0.3 is 11.9 Å². The number of carbonyl (C=O) groups excluding carboxylic acids is 2. The fourth-order valence-corrected chi connectivity index (χ4v) is 6.39. The van der Waals surface area contributed by atoms with Crippen LogP contribution in [0.25, 0.3) is 12.2 Å². The van der Waals surface area contributed by atoms with Gasteiger partial charge in [0.2, 0.25) is 11.8 Å². The lowest BCUT2D eigenvalue weighted by atomic mass is 10.0. The highest BCUT2D eigenvalue weighted by atomic mass is 35.5. The van der Waals surface area contributed by atoms with Crippen LogP contribution in [0.4, 0.5) is 0 Å². The Labute approximate surface area is 252 Å². The molecule has 0 bridgehead atoms. The van der Waals surface area contributed by atoms with Gasteiger partial charge in [0.15, 0.2) is 0 Å². The number of rotatable bonds is 8. The van der Waals surface area contributed by atoms with E-state index in [0.717, 1.165) is 35.5 Å². The second kappa shape index (κ2) is 14.1. The summed E-state index contributed by atoms with van der Waals surface area (Å²) < 4.78 is 0. The molecular formula is C30H30Cl2N2O6S. The van der Waals surface area contributed by atoms with Crippen LogP contribution in [-0.2, 0) is 19.2 Å². The van der Waals surface area contributed by atoms with Crippen molar-refractivity contribution >= 4 is 70.9 Å². The van der Waals surface area contributed by atoms with Crippen LogP contribution in [0.3, 0.4) is 0 Å². The predicted octanol–water partition coefficient (Wildman–Crippen LogP) is 6.10. The lowest BCUT2D eigenvalue weighted by Gasteiger charge is -2.32. The van der Waals surface area contributed by atoms with E-state index in [1.807, 2.05) is 24.3 Å². The molecular weight excluding hydrogens is 587 g/mol. The lowest BCUT2D eigenvalue weighted by molar-refractivity contribution is -0.150. The maximum Gasteiger partial charge on any atom is 0.326 e. The Kier molecular flexibility index (Phi) is 10.5. The van der Waals surface area contributed by atoms with Crippen molar-refractivity contribution in [1.82, 2.24) is 9.80 Å². The quantitative estimate of drug-likeness (QED) is 0.344. The van der Waals surface area contributed by atoms with Crippen LogP contribution < -0.4 is 0 Å². The molecule has 216 valence electrons. The number of aliphatic carboxylic acids is 2. The topological polar surface area (TPSA) is 115 Å². The van der Waals surface area contributed by atoms with Crippen molar-refractivity contribution in [1.29, 1.82) is 0 Å². The summed E-state index contributed by atoms with van der Waals surface area (Å²) in [6.45, 7) is 0.845. The SMILES string of the molecule is O=C(O)C1CCCCN1C(=O)/C=C/c1ccc(Sc2ccc(/C=C/C(=O)N3CCCCC3C(=O)O)cc2Cl)c(Cl)c1. The highest BCUT2D eigenvalue weighted by Crippen LogP contribution is 2.38. The van der Waals surface area contributed by atoms with Gasteiger partial charge in [-0.3, -0.25) is 9.59 Å². The van der Waals surface area contributed by atoms with Gasteiger partial charge in [-0.1, -0.05) is 47.1 Å². The Balaban J connectivity index is 1.39. The van der Waals surface area contributed by atoms with Crippen molar-refractivity contribution in [2.45, 2.75) is 60.4 Å². The summed E-state index contributed by atoms with van der Waals surface area (Å²) in [5, 5.41) is 19.7. The number of carboxylic acids is 2. The first kappa shape index (κ1) is 30.7. The molecule has 0 saturated carbocycles. The van der Waals surface area contributed by atoms with Gasteiger partial charge < -0.3 is 20.0 Å². The van der Waals surface area contributed by atoms with E-state index in [0.29, 0.717) is 47.1 Å². The standard InChI is InChI=1S/C30H30Cl2N2O6S/c31-21-17-19(9-13-27(35)33-15-3-1-5-23(33)29(37)38)7-11-25(21)41-26-12-8-20(18-22(26)32)10-14-28(36)34-16-4-2-6-24(34)30(39)40/h7-14,17-18,23-24H,1-6,15-16H2,(H,37,38)(H,39,40)/b13-9+,14-10+. The summed E-state index contributed by atoms with van der Waals surface area (Å²) >= 11 is 14.4. The van der Waals surface area contributed by atoms with Gasteiger partial charge in [-0.25, -0.2) is 9.59 Å². The maximum atomic E-state index is 12.6. The second-order valence-corrected chi connectivity index (χ2v) is 11.8. The molecule has 2 N–H and O–H groups in total. The monoisotopic (exact) mass is 616 g/mol. The summed E-state index contributed by atoms with van der Waals surface area (Å²) in [4.78, 5) is 52.5. The Morgan fingerprint density at radius 3 is 1.49 bits per heavy atom. The summed E-state index contributed by atoms with van der Waals surface area (Å²) in [6.07, 6.45) is 10.0. The van der Waals surface area contributed by atoms with Gasteiger partial charge in [-0.15, -0.1) is 0 Å². The number of nitrogens with zero attached hydrogens (tertiary/aromatic N) is 2. The highest BCUT2D eigenvalue weighted by Gasteiger charge is 2.31. The van der Waals surface area contributed by atoms with Crippen molar-refractivity contribution in [2.75, 3.05) is 13.1 Å². The molecule has 2 aliphatic rings. The largest absolute Gasteiger partial charge is 0.480 e. The van der Waals surface area contributed by atoms with Crippen molar-refractivity contribution in [2.24, 2.45) is 0 Å². The molecule has 2 atom stereocenters. The minimum Gasteiger partial charge on any atom is -0.480 e. The average molecular weight is 618 g/mol. The fraction of sp³-hybridized carbons (Fsp3) is 0.333. The number of amides is 2. The number of piperidine rings is 2. The molecule has 2 fully saturated rings. The van der Waals surface area contributed by atoms with Crippen molar-refractivity contribution in [3.8, 4) is 0 Å². The molecule has 0 aromatic heterocycles. The molecule has 2 saturated heterocycles. The van der Waals surface area contributed by atoms with Gasteiger partial charge in [-0.2, -0.15) is 0 Å². The summed E-state index contributed by atoms with van der Waals surface area (Å²) in [5.41, 5.74) is 1.40. The number of benzene rings is 2. The minimum atomic E-state index is -0.988. The van der Waals surface area contributed by atoms with E-state index >= 15 is 0 Å². The Hall–Kier alpha value is -3.27. The number of hydrogen-bond donors (Lipinski definition) is 2. The molecule has 4 rings (SSSR count). The highest BCUT2D eigenvalue weighted by molar-refractivity contribution is 7.99. The zero-order chi connectivity index (χ0) is 29.5. The third-order valence-electron chi connectivity index (χ3n) is 7.11. The Bertz CT molecular complexity index is 1290. The van der Waals surface area contributed by atoms with E-state index in [-0.39, 0.29) is 11.8 Å². The molecule has 0 spiro atoms. The van der Waals surface area contributed by atoms with Crippen molar-refractivity contribution in [3.63, 3.8) is 0 Å². The van der Waals surface area contributed by atoms with Crippen LogP contribution in [-0.4, -0.2) is 68.9 Å². The van der Waals surface area contributed by atoms with E-state index in [1.54, 1.807) is 24.3 Å². The van der Waals surface area contributed by atoms with Crippen LogP contribution in [0.1, 0.15) is 49.7 Å². The molecule has 0 aliphatic carbocycles. The molecule has 11 heteroatoms. The first-order chi connectivity index (χ1) is 19.6. The zero-order valence-corrected chi connectivity index (χ0v) is 24.5. The average Bonchev–Trinajstić information content (AvgIpc) is 2.96. The van der Waals surface area contributed by atoms with E-state index in [1.165, 1.54) is 33.7 Å². The molecule has 8 nitrogen and oxygen atoms in total. The number of carboxylic acid groups (broad SMARTS) is 2. The smallest absolute Gasteiger partial charge is 0.326 e. The third-order valence-corrected chi connectivity index (χ3v) is 9.11. The van der Waals surface area contributed by atoms with E-state index in [2.05, 4.69) is 0 Å².